The lowest BCUT2D eigenvalue weighted by Crippen LogP contribution is -2.02. The van der Waals surface area contributed by atoms with Crippen LogP contribution in [0.4, 0.5) is 0 Å². The Hall–Kier alpha value is -4.57. The van der Waals surface area contributed by atoms with Crippen LogP contribution in [0.25, 0.3) is 38.8 Å². The van der Waals surface area contributed by atoms with E-state index >= 15 is 0 Å². The number of fused-ring (bicyclic) bond motifs is 6. The van der Waals surface area contributed by atoms with Crippen LogP contribution in [-0.2, 0) is 0 Å². The first-order valence-corrected chi connectivity index (χ1v) is 10.9. The van der Waals surface area contributed by atoms with E-state index in [0.29, 0.717) is 0 Å². The number of pyridine rings is 1. The molecule has 0 saturated carbocycles. The number of para-hydroxylation sites is 3. The third-order valence-electron chi connectivity index (χ3n) is 6.12. The molecule has 4 nitrogen and oxygen atoms in total. The summed E-state index contributed by atoms with van der Waals surface area (Å²) in [5.74, 6) is 2.90. The highest BCUT2D eigenvalue weighted by Crippen LogP contribution is 2.50. The van der Waals surface area contributed by atoms with Gasteiger partial charge in [-0.1, -0.05) is 48.5 Å². The minimum Gasteiger partial charge on any atom is -0.449 e. The molecule has 0 saturated heterocycles. The van der Waals surface area contributed by atoms with Crippen LogP contribution in [0.3, 0.4) is 0 Å². The normalized spacial score (nSPS) is 12.1. The molecular formula is C29H18N2O2. The Balaban J connectivity index is 1.48. The molecule has 0 atom stereocenters. The van der Waals surface area contributed by atoms with Crippen molar-refractivity contribution in [2.24, 2.45) is 0 Å². The lowest BCUT2D eigenvalue weighted by molar-refractivity contribution is 0.362. The fourth-order valence-electron chi connectivity index (χ4n) is 4.62. The van der Waals surface area contributed by atoms with Crippen LogP contribution in [0, 0.1) is 0 Å². The van der Waals surface area contributed by atoms with Crippen molar-refractivity contribution in [3.63, 3.8) is 0 Å². The highest BCUT2D eigenvalue weighted by atomic mass is 16.6. The van der Waals surface area contributed by atoms with E-state index in [2.05, 4.69) is 64.1 Å². The maximum atomic E-state index is 6.42. The van der Waals surface area contributed by atoms with Crippen LogP contribution in [-0.4, -0.2) is 9.55 Å². The van der Waals surface area contributed by atoms with Crippen LogP contribution < -0.4 is 9.47 Å². The zero-order valence-electron chi connectivity index (χ0n) is 17.6. The van der Waals surface area contributed by atoms with Gasteiger partial charge in [0.2, 0.25) is 0 Å². The molecule has 0 fully saturated rings. The Morgan fingerprint density at radius 2 is 1.33 bits per heavy atom. The van der Waals surface area contributed by atoms with Gasteiger partial charge in [-0.15, -0.1) is 0 Å². The maximum absolute atomic E-state index is 6.42. The first kappa shape index (κ1) is 18.0. The molecule has 2 aromatic heterocycles. The fraction of sp³-hybridized carbons (Fsp3) is 0. The lowest BCUT2D eigenvalue weighted by Gasteiger charge is -2.22. The van der Waals surface area contributed by atoms with Crippen molar-refractivity contribution in [2.75, 3.05) is 0 Å². The highest BCUT2D eigenvalue weighted by Gasteiger charge is 2.25. The van der Waals surface area contributed by atoms with Crippen molar-refractivity contribution in [3.05, 3.63) is 109 Å². The average molecular weight is 426 g/mol. The summed E-state index contributed by atoms with van der Waals surface area (Å²) in [6.45, 7) is 0. The van der Waals surface area contributed by atoms with E-state index in [1.807, 2.05) is 54.7 Å². The van der Waals surface area contributed by atoms with Gasteiger partial charge in [-0.05, 0) is 54.6 Å². The minimum absolute atomic E-state index is 0.718. The van der Waals surface area contributed by atoms with E-state index in [1.165, 1.54) is 5.39 Å². The van der Waals surface area contributed by atoms with Crippen molar-refractivity contribution in [3.8, 4) is 39.9 Å². The van der Waals surface area contributed by atoms with Gasteiger partial charge in [0, 0.05) is 28.2 Å². The van der Waals surface area contributed by atoms with Crippen LogP contribution in [0.1, 0.15) is 0 Å². The molecule has 0 aliphatic carbocycles. The topological polar surface area (TPSA) is 36.3 Å². The van der Waals surface area contributed by atoms with Crippen LogP contribution >= 0.6 is 0 Å². The Kier molecular flexibility index (Phi) is 3.81. The number of hydrogen-bond acceptors (Lipinski definition) is 3. The Labute approximate surface area is 190 Å². The summed E-state index contributed by atoms with van der Waals surface area (Å²) in [4.78, 5) is 4.48. The number of rotatable bonds is 2. The molecule has 0 amide bonds. The van der Waals surface area contributed by atoms with Gasteiger partial charge in [-0.25, -0.2) is 0 Å². The summed E-state index contributed by atoms with van der Waals surface area (Å²) >= 11 is 0. The Bertz CT molecular complexity index is 1650. The van der Waals surface area contributed by atoms with E-state index in [0.717, 1.165) is 56.4 Å². The van der Waals surface area contributed by atoms with Crippen molar-refractivity contribution in [1.82, 2.24) is 9.55 Å². The van der Waals surface area contributed by atoms with E-state index in [-0.39, 0.29) is 0 Å². The third-order valence-corrected chi connectivity index (χ3v) is 6.12. The number of benzene rings is 4. The standard InChI is InChI=1S/C29H18N2O2/c1-2-9-24-21(7-1)22-16-17-27-29(33-26-11-4-3-10-25(26)32-27)28(22)31(24)20-14-12-19(13-15-20)23-8-5-6-18-30-23/h1-18H. The zero-order chi connectivity index (χ0) is 21.8. The van der Waals surface area contributed by atoms with E-state index in [9.17, 15) is 0 Å². The third kappa shape index (κ3) is 2.74. The SMILES string of the molecule is c1ccc(-c2ccc(-n3c4ccccc4c4ccc5c(c43)Oc3ccccc3O5)cc2)nc1. The van der Waals surface area contributed by atoms with Gasteiger partial charge in [0.05, 0.1) is 11.2 Å². The van der Waals surface area contributed by atoms with Crippen LogP contribution in [0.2, 0.25) is 0 Å². The van der Waals surface area contributed by atoms with Crippen molar-refractivity contribution < 1.29 is 9.47 Å². The van der Waals surface area contributed by atoms with Crippen LogP contribution in [0.15, 0.2) is 109 Å². The lowest BCUT2D eigenvalue weighted by atomic mass is 10.1. The predicted molar refractivity (Wildman–Crippen MR) is 131 cm³/mol. The molecule has 156 valence electrons. The van der Waals surface area contributed by atoms with Gasteiger partial charge in [-0.3, -0.25) is 4.98 Å². The minimum atomic E-state index is 0.718. The highest BCUT2D eigenvalue weighted by molar-refractivity contribution is 6.12. The predicted octanol–water partition coefficient (Wildman–Crippen LogP) is 7.74. The first-order valence-electron chi connectivity index (χ1n) is 10.9. The molecule has 0 spiro atoms. The van der Waals surface area contributed by atoms with E-state index in [1.54, 1.807) is 0 Å². The van der Waals surface area contributed by atoms with Gasteiger partial charge in [0.1, 0.15) is 5.52 Å². The summed E-state index contributed by atoms with van der Waals surface area (Å²) in [7, 11) is 0. The zero-order valence-corrected chi connectivity index (χ0v) is 17.6. The maximum Gasteiger partial charge on any atom is 0.194 e. The monoisotopic (exact) mass is 426 g/mol. The first-order chi connectivity index (χ1) is 16.4. The smallest absolute Gasteiger partial charge is 0.194 e. The van der Waals surface area contributed by atoms with E-state index in [4.69, 9.17) is 9.47 Å². The van der Waals surface area contributed by atoms with Gasteiger partial charge >= 0.3 is 0 Å². The summed E-state index contributed by atoms with van der Waals surface area (Å²) in [5, 5.41) is 2.30. The summed E-state index contributed by atoms with van der Waals surface area (Å²) in [5.41, 5.74) is 5.20. The Morgan fingerprint density at radius 3 is 2.15 bits per heavy atom. The summed E-state index contributed by atoms with van der Waals surface area (Å²) in [6, 6.07) is 34.8. The summed E-state index contributed by atoms with van der Waals surface area (Å²) in [6.07, 6.45) is 1.82. The second-order valence-corrected chi connectivity index (χ2v) is 8.05. The summed E-state index contributed by atoms with van der Waals surface area (Å²) < 4.78 is 14.9. The van der Waals surface area contributed by atoms with Gasteiger partial charge in [0.25, 0.3) is 0 Å². The molecule has 4 heteroatoms. The largest absolute Gasteiger partial charge is 0.449 e. The Morgan fingerprint density at radius 1 is 0.576 bits per heavy atom. The molecule has 0 bridgehead atoms. The number of nitrogens with zero attached hydrogens (tertiary/aromatic N) is 2. The van der Waals surface area contributed by atoms with Crippen molar-refractivity contribution >= 4 is 21.8 Å². The van der Waals surface area contributed by atoms with Crippen molar-refractivity contribution in [2.45, 2.75) is 0 Å². The van der Waals surface area contributed by atoms with Crippen LogP contribution in [0.5, 0.6) is 23.0 Å². The van der Waals surface area contributed by atoms with Crippen molar-refractivity contribution in [1.29, 1.82) is 0 Å². The van der Waals surface area contributed by atoms with Gasteiger partial charge in [-0.2, -0.15) is 0 Å². The molecule has 7 rings (SSSR count). The molecule has 1 aliphatic heterocycles. The fourth-order valence-corrected chi connectivity index (χ4v) is 4.62. The molecular weight excluding hydrogens is 408 g/mol. The molecule has 33 heavy (non-hydrogen) atoms. The molecule has 0 radical (unpaired) electrons. The molecule has 6 aromatic rings. The van der Waals surface area contributed by atoms with E-state index < -0.39 is 0 Å². The molecule has 0 N–H and O–H groups in total. The molecule has 4 aromatic carbocycles. The van der Waals surface area contributed by atoms with Gasteiger partial charge < -0.3 is 14.0 Å². The molecule has 0 unspecified atom stereocenters. The quantitative estimate of drug-likeness (QED) is 0.284. The second kappa shape index (κ2) is 6.97. The number of aromatic nitrogens is 2. The second-order valence-electron chi connectivity index (χ2n) is 8.05. The molecule has 1 aliphatic rings. The average Bonchev–Trinajstić information content (AvgIpc) is 3.23. The number of hydrogen-bond donors (Lipinski definition) is 0. The number of ether oxygens (including phenoxy) is 2. The van der Waals surface area contributed by atoms with Gasteiger partial charge in [0.15, 0.2) is 23.0 Å². The molecule has 3 heterocycles.